The molecule has 1 aromatic heterocycles. The smallest absolute Gasteiger partial charge is 0.151 e. The molecule has 0 radical (unpaired) electrons. The number of nitrogens with zero attached hydrogens (tertiary/aromatic N) is 1. The molecular weight excluding hydrogens is 372 g/mol. The molecule has 0 unspecified atom stereocenters. The quantitative estimate of drug-likeness (QED) is 0.728. The predicted molar refractivity (Wildman–Crippen MR) is 86.2 cm³/mol. The van der Waals surface area contributed by atoms with Crippen molar-refractivity contribution >= 4 is 68.1 Å². The summed E-state index contributed by atoms with van der Waals surface area (Å²) in [6.45, 7) is 0. The van der Waals surface area contributed by atoms with Gasteiger partial charge in [0, 0.05) is 7.05 Å². The van der Waals surface area contributed by atoms with Crippen LogP contribution in [0.25, 0.3) is 0 Å². The topological polar surface area (TPSA) is 37.0 Å². The highest BCUT2D eigenvalue weighted by atomic mass is 79.9. The maximum Gasteiger partial charge on any atom is 0.151 e. The fourth-order valence-electron chi connectivity index (χ4n) is 1.46. The van der Waals surface area contributed by atoms with E-state index in [9.17, 15) is 0 Å². The molecular formula is C12H9BrCl3N3. The fraction of sp³-hybridized carbons (Fsp3) is 0.0833. The third kappa shape index (κ3) is 3.26. The Morgan fingerprint density at radius 1 is 1.05 bits per heavy atom. The molecule has 0 aliphatic heterocycles. The van der Waals surface area contributed by atoms with Gasteiger partial charge >= 0.3 is 0 Å². The van der Waals surface area contributed by atoms with E-state index in [0.29, 0.717) is 26.7 Å². The van der Waals surface area contributed by atoms with Crippen LogP contribution in [0.4, 0.5) is 17.3 Å². The van der Waals surface area contributed by atoms with Crippen molar-refractivity contribution in [2.24, 2.45) is 0 Å². The Morgan fingerprint density at radius 2 is 1.74 bits per heavy atom. The molecule has 100 valence electrons. The van der Waals surface area contributed by atoms with Gasteiger partial charge in [-0.3, -0.25) is 0 Å². The van der Waals surface area contributed by atoms with Gasteiger partial charge in [0.25, 0.3) is 0 Å². The summed E-state index contributed by atoms with van der Waals surface area (Å²) >= 11 is 21.5. The van der Waals surface area contributed by atoms with Gasteiger partial charge in [0.2, 0.25) is 0 Å². The van der Waals surface area contributed by atoms with Gasteiger partial charge in [0.15, 0.2) is 5.82 Å². The molecule has 0 aliphatic carbocycles. The SMILES string of the molecule is CNc1nc(Nc2cccc(Cl)c2Br)c(Cl)cc1Cl. The zero-order valence-corrected chi connectivity index (χ0v) is 13.6. The summed E-state index contributed by atoms with van der Waals surface area (Å²) in [5, 5.41) is 7.49. The molecule has 2 N–H and O–H groups in total. The molecule has 1 heterocycles. The average Bonchev–Trinajstić information content (AvgIpc) is 2.38. The summed E-state index contributed by atoms with van der Waals surface area (Å²) in [6, 6.07) is 7.11. The minimum Gasteiger partial charge on any atom is -0.372 e. The van der Waals surface area contributed by atoms with Gasteiger partial charge in [-0.15, -0.1) is 0 Å². The Bertz CT molecular complexity index is 619. The minimum absolute atomic E-state index is 0.427. The van der Waals surface area contributed by atoms with Gasteiger partial charge in [-0.05, 0) is 34.1 Å². The largest absolute Gasteiger partial charge is 0.372 e. The Labute approximate surface area is 134 Å². The number of pyridine rings is 1. The van der Waals surface area contributed by atoms with E-state index in [2.05, 4.69) is 31.5 Å². The van der Waals surface area contributed by atoms with Crippen LogP contribution >= 0.6 is 50.7 Å². The first-order chi connectivity index (χ1) is 9.02. The van der Waals surface area contributed by atoms with Gasteiger partial charge < -0.3 is 10.6 Å². The van der Waals surface area contributed by atoms with E-state index in [0.717, 1.165) is 10.2 Å². The van der Waals surface area contributed by atoms with Crippen molar-refractivity contribution in [1.82, 2.24) is 4.98 Å². The average molecular weight is 381 g/mol. The summed E-state index contributed by atoms with van der Waals surface area (Å²) in [4.78, 5) is 4.31. The van der Waals surface area contributed by atoms with Gasteiger partial charge in [-0.1, -0.05) is 40.9 Å². The van der Waals surface area contributed by atoms with Crippen LogP contribution in [0.1, 0.15) is 0 Å². The van der Waals surface area contributed by atoms with Crippen molar-refractivity contribution in [2.75, 3.05) is 17.7 Å². The molecule has 0 amide bonds. The molecule has 0 saturated carbocycles. The lowest BCUT2D eigenvalue weighted by Gasteiger charge is -2.12. The first kappa shape index (κ1) is 14.7. The van der Waals surface area contributed by atoms with Crippen molar-refractivity contribution in [3.63, 3.8) is 0 Å². The highest BCUT2D eigenvalue weighted by Gasteiger charge is 2.11. The van der Waals surface area contributed by atoms with Gasteiger partial charge in [0.05, 0.1) is 25.2 Å². The van der Waals surface area contributed by atoms with E-state index in [1.165, 1.54) is 0 Å². The lowest BCUT2D eigenvalue weighted by molar-refractivity contribution is 1.27. The number of benzene rings is 1. The number of rotatable bonds is 3. The second kappa shape index (κ2) is 6.18. The van der Waals surface area contributed by atoms with Crippen LogP contribution in [0.15, 0.2) is 28.7 Å². The summed E-state index contributed by atoms with van der Waals surface area (Å²) in [5.74, 6) is 1.05. The summed E-state index contributed by atoms with van der Waals surface area (Å²) in [7, 11) is 1.74. The molecule has 0 aliphatic rings. The van der Waals surface area contributed by atoms with Crippen LogP contribution in [0.3, 0.4) is 0 Å². The zero-order chi connectivity index (χ0) is 14.0. The number of hydrogen-bond acceptors (Lipinski definition) is 3. The van der Waals surface area contributed by atoms with Crippen LogP contribution in [0.5, 0.6) is 0 Å². The molecule has 2 rings (SSSR count). The minimum atomic E-state index is 0.427. The third-order valence-electron chi connectivity index (χ3n) is 2.37. The Hall–Kier alpha value is -0.680. The van der Waals surface area contributed by atoms with Crippen LogP contribution in [-0.4, -0.2) is 12.0 Å². The first-order valence-corrected chi connectivity index (χ1v) is 7.20. The normalized spacial score (nSPS) is 10.4. The summed E-state index contributed by atoms with van der Waals surface area (Å²) < 4.78 is 0.746. The molecule has 0 spiro atoms. The maximum atomic E-state index is 6.11. The van der Waals surface area contributed by atoms with Crippen molar-refractivity contribution < 1.29 is 0 Å². The number of aromatic nitrogens is 1. The molecule has 3 nitrogen and oxygen atoms in total. The van der Waals surface area contributed by atoms with Gasteiger partial charge in [-0.25, -0.2) is 4.98 Å². The second-order valence-electron chi connectivity index (χ2n) is 3.63. The second-order valence-corrected chi connectivity index (χ2v) is 5.64. The molecule has 19 heavy (non-hydrogen) atoms. The van der Waals surface area contributed by atoms with Crippen molar-refractivity contribution in [3.05, 3.63) is 43.8 Å². The third-order valence-corrected chi connectivity index (χ3v) is 4.34. The highest BCUT2D eigenvalue weighted by molar-refractivity contribution is 9.10. The zero-order valence-electron chi connectivity index (χ0n) is 9.77. The summed E-state index contributed by atoms with van der Waals surface area (Å²) in [6.07, 6.45) is 0. The number of halogens is 4. The fourth-order valence-corrected chi connectivity index (χ4v) is 2.50. The van der Waals surface area contributed by atoms with E-state index in [1.807, 2.05) is 12.1 Å². The molecule has 7 heteroatoms. The summed E-state index contributed by atoms with van der Waals surface area (Å²) in [5.41, 5.74) is 0.770. The molecule has 0 saturated heterocycles. The first-order valence-electron chi connectivity index (χ1n) is 5.27. The van der Waals surface area contributed by atoms with Crippen LogP contribution < -0.4 is 10.6 Å². The van der Waals surface area contributed by atoms with Crippen LogP contribution in [-0.2, 0) is 0 Å². The lowest BCUT2D eigenvalue weighted by atomic mass is 10.3. The lowest BCUT2D eigenvalue weighted by Crippen LogP contribution is -2.00. The molecule has 1 aromatic carbocycles. The Kier molecular flexibility index (Phi) is 4.79. The monoisotopic (exact) mass is 379 g/mol. The number of nitrogens with one attached hydrogen (secondary N) is 2. The molecule has 0 atom stereocenters. The number of anilines is 3. The predicted octanol–water partition coefficient (Wildman–Crippen LogP) is 5.59. The van der Waals surface area contributed by atoms with E-state index < -0.39 is 0 Å². The van der Waals surface area contributed by atoms with Gasteiger partial charge in [-0.2, -0.15) is 0 Å². The Balaban J connectivity index is 2.41. The maximum absolute atomic E-state index is 6.11. The van der Waals surface area contributed by atoms with Crippen molar-refractivity contribution in [1.29, 1.82) is 0 Å². The van der Waals surface area contributed by atoms with E-state index in [1.54, 1.807) is 19.2 Å². The van der Waals surface area contributed by atoms with Gasteiger partial charge in [0.1, 0.15) is 5.82 Å². The van der Waals surface area contributed by atoms with Crippen LogP contribution in [0.2, 0.25) is 15.1 Å². The molecule has 0 bridgehead atoms. The number of hydrogen-bond donors (Lipinski definition) is 2. The van der Waals surface area contributed by atoms with Crippen molar-refractivity contribution in [3.8, 4) is 0 Å². The standard InChI is InChI=1S/C12H9BrCl3N3/c1-17-11-7(15)5-8(16)12(19-11)18-9-4-2-3-6(14)10(9)13/h2-5H,1H3,(H2,17,18,19). The highest BCUT2D eigenvalue weighted by Crippen LogP contribution is 2.35. The van der Waals surface area contributed by atoms with E-state index >= 15 is 0 Å². The molecule has 0 fully saturated rings. The van der Waals surface area contributed by atoms with Crippen molar-refractivity contribution in [2.45, 2.75) is 0 Å². The Morgan fingerprint density at radius 3 is 2.42 bits per heavy atom. The molecule has 2 aromatic rings. The van der Waals surface area contributed by atoms with E-state index in [-0.39, 0.29) is 0 Å². The van der Waals surface area contributed by atoms with E-state index in [4.69, 9.17) is 34.8 Å². The van der Waals surface area contributed by atoms with Crippen LogP contribution in [0, 0.1) is 0 Å².